The van der Waals surface area contributed by atoms with Gasteiger partial charge in [0.1, 0.15) is 6.10 Å². The minimum absolute atomic E-state index is 0.119. The number of esters is 1. The molecule has 0 radical (unpaired) electrons. The Hall–Kier alpha value is -1.31. The van der Waals surface area contributed by atoms with Crippen LogP contribution in [0.3, 0.4) is 0 Å². The largest absolute Gasteiger partial charge is 0.459 e. The fraction of sp³-hybridized carbons (Fsp3) is 0.759. The van der Waals surface area contributed by atoms with Crippen molar-refractivity contribution in [3.63, 3.8) is 0 Å². The summed E-state index contributed by atoms with van der Waals surface area (Å²) in [5.74, 6) is 3.02. The number of hydrogen-bond donors (Lipinski definition) is 0. The predicted molar refractivity (Wildman–Crippen MR) is 131 cm³/mol. The molecule has 2 heteroatoms. The fourth-order valence-corrected chi connectivity index (χ4v) is 6.07. The van der Waals surface area contributed by atoms with Crippen LogP contribution in [0.5, 0.6) is 0 Å². The highest BCUT2D eigenvalue weighted by molar-refractivity contribution is 5.89. The summed E-state index contributed by atoms with van der Waals surface area (Å²) >= 11 is 0. The van der Waals surface area contributed by atoms with Crippen LogP contribution in [0.15, 0.2) is 24.3 Å². The van der Waals surface area contributed by atoms with Gasteiger partial charge in [-0.05, 0) is 86.3 Å². The summed E-state index contributed by atoms with van der Waals surface area (Å²) in [6, 6.07) is 8.39. The van der Waals surface area contributed by atoms with Crippen LogP contribution in [-0.2, 0) is 4.74 Å². The number of carbonyl (C=O) groups is 1. The molecular formula is C29H46O2. The lowest BCUT2D eigenvalue weighted by atomic mass is 9.71. The molecule has 2 saturated carbocycles. The molecule has 31 heavy (non-hydrogen) atoms. The minimum atomic E-state index is -0.128. The van der Waals surface area contributed by atoms with Gasteiger partial charge in [0.2, 0.25) is 0 Å². The number of ether oxygens (including phenoxy) is 1. The Balaban J connectivity index is 1.45. The van der Waals surface area contributed by atoms with Gasteiger partial charge in [-0.3, -0.25) is 0 Å². The van der Waals surface area contributed by atoms with E-state index in [1.807, 2.05) is 12.1 Å². The van der Waals surface area contributed by atoms with Gasteiger partial charge in [0.25, 0.3) is 0 Å². The maximum Gasteiger partial charge on any atom is 0.338 e. The highest BCUT2D eigenvalue weighted by atomic mass is 16.5. The second kappa shape index (κ2) is 12.7. The van der Waals surface area contributed by atoms with Gasteiger partial charge in [0.05, 0.1) is 5.56 Å². The molecule has 0 heterocycles. The number of rotatable bonds is 10. The molecule has 0 amide bonds. The third kappa shape index (κ3) is 7.36. The topological polar surface area (TPSA) is 26.3 Å². The molecule has 0 saturated heterocycles. The molecule has 3 unspecified atom stereocenters. The molecule has 2 aliphatic rings. The maximum atomic E-state index is 12.7. The average Bonchev–Trinajstić information content (AvgIpc) is 2.79. The average molecular weight is 427 g/mol. The van der Waals surface area contributed by atoms with E-state index >= 15 is 0 Å². The van der Waals surface area contributed by atoms with Crippen molar-refractivity contribution in [3.8, 4) is 0 Å². The van der Waals surface area contributed by atoms with Gasteiger partial charge in [0, 0.05) is 0 Å². The second-order valence-corrected chi connectivity index (χ2v) is 10.6. The van der Waals surface area contributed by atoms with Crippen molar-refractivity contribution in [2.45, 2.75) is 123 Å². The van der Waals surface area contributed by atoms with Crippen LogP contribution in [-0.4, -0.2) is 12.1 Å². The highest BCUT2D eigenvalue weighted by Gasteiger charge is 2.29. The van der Waals surface area contributed by atoms with Crippen molar-refractivity contribution >= 4 is 5.97 Å². The van der Waals surface area contributed by atoms with Gasteiger partial charge in [-0.2, -0.15) is 0 Å². The lowest BCUT2D eigenvalue weighted by Crippen LogP contribution is -2.24. The Morgan fingerprint density at radius 2 is 1.48 bits per heavy atom. The van der Waals surface area contributed by atoms with Gasteiger partial charge in [-0.25, -0.2) is 4.79 Å². The summed E-state index contributed by atoms with van der Waals surface area (Å²) in [6.45, 7) is 6.98. The molecule has 3 rings (SSSR count). The van der Waals surface area contributed by atoms with Crippen LogP contribution in [0, 0.1) is 17.8 Å². The van der Waals surface area contributed by atoms with Crippen molar-refractivity contribution < 1.29 is 9.53 Å². The first-order valence-corrected chi connectivity index (χ1v) is 13.4. The molecule has 0 aliphatic heterocycles. The van der Waals surface area contributed by atoms with Crippen LogP contribution in [0.1, 0.15) is 133 Å². The van der Waals surface area contributed by atoms with Gasteiger partial charge in [0.15, 0.2) is 0 Å². The van der Waals surface area contributed by atoms with Gasteiger partial charge in [-0.15, -0.1) is 0 Å². The normalized spacial score (nSPS) is 28.9. The van der Waals surface area contributed by atoms with Crippen molar-refractivity contribution in [1.82, 2.24) is 0 Å². The molecule has 2 nitrogen and oxygen atoms in total. The third-order valence-electron chi connectivity index (χ3n) is 8.10. The minimum Gasteiger partial charge on any atom is -0.459 e. The van der Waals surface area contributed by atoms with Gasteiger partial charge in [-0.1, -0.05) is 77.8 Å². The van der Waals surface area contributed by atoms with E-state index in [0.29, 0.717) is 5.92 Å². The molecular weight excluding hydrogens is 380 g/mol. The van der Waals surface area contributed by atoms with Crippen LogP contribution in [0.2, 0.25) is 0 Å². The van der Waals surface area contributed by atoms with E-state index in [2.05, 4.69) is 32.9 Å². The second-order valence-electron chi connectivity index (χ2n) is 10.6. The van der Waals surface area contributed by atoms with Crippen molar-refractivity contribution in [1.29, 1.82) is 0 Å². The van der Waals surface area contributed by atoms with Gasteiger partial charge >= 0.3 is 5.97 Å². The maximum absolute atomic E-state index is 12.7. The predicted octanol–water partition coefficient (Wildman–Crippen LogP) is 8.69. The van der Waals surface area contributed by atoms with E-state index in [4.69, 9.17) is 4.74 Å². The zero-order valence-electron chi connectivity index (χ0n) is 20.4. The smallest absolute Gasteiger partial charge is 0.338 e. The van der Waals surface area contributed by atoms with Gasteiger partial charge < -0.3 is 4.74 Å². The summed E-state index contributed by atoms with van der Waals surface area (Å²) in [6.07, 6.45) is 18.1. The van der Waals surface area contributed by atoms with E-state index < -0.39 is 0 Å². The Kier molecular flexibility index (Phi) is 9.94. The van der Waals surface area contributed by atoms with Crippen molar-refractivity contribution in [2.24, 2.45) is 17.8 Å². The first kappa shape index (κ1) is 24.3. The quantitative estimate of drug-likeness (QED) is 0.276. The number of benzene rings is 1. The van der Waals surface area contributed by atoms with E-state index in [1.54, 1.807) is 0 Å². The lowest BCUT2D eigenvalue weighted by molar-refractivity contribution is 0.0161. The Bertz CT molecular complexity index is 641. The molecule has 0 spiro atoms. The van der Waals surface area contributed by atoms with E-state index in [1.165, 1.54) is 82.6 Å². The number of hydrogen-bond acceptors (Lipinski definition) is 2. The number of carbonyl (C=O) groups excluding carboxylic acids is 1. The molecule has 2 fully saturated rings. The molecule has 3 atom stereocenters. The van der Waals surface area contributed by atoms with Crippen LogP contribution >= 0.6 is 0 Å². The van der Waals surface area contributed by atoms with E-state index in [-0.39, 0.29) is 12.1 Å². The summed E-state index contributed by atoms with van der Waals surface area (Å²) in [7, 11) is 0. The summed E-state index contributed by atoms with van der Waals surface area (Å²) in [5.41, 5.74) is 2.13. The monoisotopic (exact) mass is 426 g/mol. The molecule has 2 aliphatic carbocycles. The van der Waals surface area contributed by atoms with E-state index in [0.717, 1.165) is 36.2 Å². The molecule has 1 aromatic rings. The van der Waals surface area contributed by atoms with Crippen LogP contribution in [0.4, 0.5) is 0 Å². The third-order valence-corrected chi connectivity index (χ3v) is 8.10. The van der Waals surface area contributed by atoms with Crippen LogP contribution in [0.25, 0.3) is 0 Å². The molecule has 1 aromatic carbocycles. The molecule has 0 bridgehead atoms. The summed E-state index contributed by atoms with van der Waals surface area (Å²) in [4.78, 5) is 12.7. The Morgan fingerprint density at radius 1 is 0.839 bits per heavy atom. The first-order valence-electron chi connectivity index (χ1n) is 13.4. The highest BCUT2D eigenvalue weighted by Crippen LogP contribution is 2.42. The summed E-state index contributed by atoms with van der Waals surface area (Å²) in [5, 5.41) is 0. The molecule has 0 aromatic heterocycles. The first-order chi connectivity index (χ1) is 15.1. The Labute approximate surface area is 191 Å². The molecule has 0 N–H and O–H groups in total. The van der Waals surface area contributed by atoms with Crippen LogP contribution < -0.4 is 0 Å². The fourth-order valence-electron chi connectivity index (χ4n) is 6.07. The summed E-state index contributed by atoms with van der Waals surface area (Å²) < 4.78 is 5.86. The van der Waals surface area contributed by atoms with Crippen molar-refractivity contribution in [3.05, 3.63) is 35.4 Å². The zero-order valence-corrected chi connectivity index (χ0v) is 20.4. The molecule has 174 valence electrons. The zero-order chi connectivity index (χ0) is 22.1. The standard InChI is InChI=1S/C29H46O2/c1-4-6-8-10-24-13-20-28(22(3)21-24)25-14-16-26(17-15-25)29(30)31-27-18-11-23(12-19-27)9-7-5-2/h14-17,22-24,27-28H,4-13,18-21H2,1-3H3. The Morgan fingerprint density at radius 3 is 2.13 bits per heavy atom. The van der Waals surface area contributed by atoms with E-state index in [9.17, 15) is 4.79 Å². The number of unbranched alkanes of at least 4 members (excludes halogenated alkanes) is 3. The van der Waals surface area contributed by atoms with Crippen molar-refractivity contribution in [2.75, 3.05) is 0 Å². The SMILES string of the molecule is CCCCCC1CCC(c2ccc(C(=O)OC3CCC(CCCC)CC3)cc2)C(C)C1. The lowest BCUT2D eigenvalue weighted by Gasteiger charge is -2.34.